The summed E-state index contributed by atoms with van der Waals surface area (Å²) in [6, 6.07) is 7.28. The van der Waals surface area contributed by atoms with Crippen molar-refractivity contribution in [3.8, 4) is 0 Å². The van der Waals surface area contributed by atoms with Gasteiger partial charge in [0.15, 0.2) is 0 Å². The summed E-state index contributed by atoms with van der Waals surface area (Å²) >= 11 is 0. The lowest BCUT2D eigenvalue weighted by Crippen LogP contribution is -2.30. The number of aryl methyl sites for hydroxylation is 1. The summed E-state index contributed by atoms with van der Waals surface area (Å²) in [5.74, 6) is 2.63. The van der Waals surface area contributed by atoms with Crippen LogP contribution in [0.25, 0.3) is 0 Å². The summed E-state index contributed by atoms with van der Waals surface area (Å²) < 4.78 is 0. The number of carbonyl (C=O) groups excluding carboxylic acids is 4. The van der Waals surface area contributed by atoms with Crippen LogP contribution in [0.5, 0.6) is 0 Å². The first-order valence-electron chi connectivity index (χ1n) is 7.66. The van der Waals surface area contributed by atoms with Crippen molar-refractivity contribution >= 4 is 23.3 Å². The molecular weight excluding hydrogens is 312 g/mol. The molecule has 1 aromatic rings. The second-order valence-electron chi connectivity index (χ2n) is 5.84. The van der Waals surface area contributed by atoms with Crippen molar-refractivity contribution in [2.45, 2.75) is 32.6 Å². The standard InChI is InChI=1S/C9H10O3.C8H10N2O.H2O/c10-7-5-3-1-2-4-6(5)8(11)9(7)12;1-6-4-2-3-5-7(6)8(11)10-9;/h5-6H,1-4H2;2-5H,9H2,1H3,(H,10,11);1H2. The number of Topliss-reactive ketones (excluding diaryl/α,β-unsaturated/α-hetero) is 3. The third kappa shape index (κ3) is 3.93. The number of amides is 1. The molecule has 2 atom stereocenters. The minimum Gasteiger partial charge on any atom is -0.412 e. The Hall–Kier alpha value is -2.38. The van der Waals surface area contributed by atoms with Crippen LogP contribution in [-0.2, 0) is 14.4 Å². The highest BCUT2D eigenvalue weighted by Crippen LogP contribution is 2.36. The molecule has 5 N–H and O–H groups in total. The van der Waals surface area contributed by atoms with Gasteiger partial charge in [-0.2, -0.15) is 0 Å². The van der Waals surface area contributed by atoms with Crippen LogP contribution in [0.2, 0.25) is 0 Å². The van der Waals surface area contributed by atoms with Gasteiger partial charge in [-0.15, -0.1) is 0 Å². The average Bonchev–Trinajstić information content (AvgIpc) is 2.80. The molecule has 7 heteroatoms. The monoisotopic (exact) mass is 334 g/mol. The Kier molecular flexibility index (Phi) is 6.94. The highest BCUT2D eigenvalue weighted by molar-refractivity contribution is 6.68. The second-order valence-corrected chi connectivity index (χ2v) is 5.84. The van der Waals surface area contributed by atoms with Crippen molar-refractivity contribution in [3.63, 3.8) is 0 Å². The lowest BCUT2D eigenvalue weighted by Gasteiger charge is -2.20. The number of ketones is 3. The zero-order valence-electron chi connectivity index (χ0n) is 13.5. The summed E-state index contributed by atoms with van der Waals surface area (Å²) in [6.07, 6.45) is 3.43. The summed E-state index contributed by atoms with van der Waals surface area (Å²) in [4.78, 5) is 44.3. The Morgan fingerprint density at radius 3 is 2.00 bits per heavy atom. The number of nitrogens with two attached hydrogens (primary N) is 1. The zero-order chi connectivity index (χ0) is 17.0. The van der Waals surface area contributed by atoms with Crippen LogP contribution in [0.3, 0.4) is 0 Å². The third-order valence-corrected chi connectivity index (χ3v) is 4.41. The molecule has 130 valence electrons. The average molecular weight is 334 g/mol. The van der Waals surface area contributed by atoms with Gasteiger partial charge in [-0.25, -0.2) is 5.84 Å². The lowest BCUT2D eigenvalue weighted by molar-refractivity contribution is -0.141. The first kappa shape index (κ1) is 19.7. The second kappa shape index (κ2) is 8.47. The summed E-state index contributed by atoms with van der Waals surface area (Å²) in [6.45, 7) is 1.87. The summed E-state index contributed by atoms with van der Waals surface area (Å²) in [7, 11) is 0. The van der Waals surface area contributed by atoms with Gasteiger partial charge in [0, 0.05) is 17.4 Å². The van der Waals surface area contributed by atoms with E-state index in [1.807, 2.05) is 19.1 Å². The molecule has 2 fully saturated rings. The van der Waals surface area contributed by atoms with Crippen molar-refractivity contribution in [1.82, 2.24) is 5.43 Å². The van der Waals surface area contributed by atoms with Gasteiger partial charge in [-0.1, -0.05) is 31.0 Å². The first-order valence-corrected chi connectivity index (χ1v) is 7.66. The smallest absolute Gasteiger partial charge is 0.265 e. The van der Waals surface area contributed by atoms with E-state index in [1.165, 1.54) is 0 Å². The number of hydrogen-bond acceptors (Lipinski definition) is 5. The Balaban J connectivity index is 0.000000232. The molecule has 7 nitrogen and oxygen atoms in total. The van der Waals surface area contributed by atoms with Gasteiger partial charge in [0.05, 0.1) is 0 Å². The molecule has 0 aromatic heterocycles. The van der Waals surface area contributed by atoms with E-state index in [-0.39, 0.29) is 23.2 Å². The van der Waals surface area contributed by atoms with Crippen LogP contribution in [0, 0.1) is 18.8 Å². The molecule has 1 aromatic carbocycles. The SMILES string of the molecule is Cc1ccccc1C(=O)NN.O.O=C1C(=O)C2CCCCC2C1=O. The fraction of sp³-hybridized carbons (Fsp3) is 0.412. The molecular formula is C17H22N2O5. The molecule has 2 saturated carbocycles. The van der Waals surface area contributed by atoms with Gasteiger partial charge < -0.3 is 5.48 Å². The molecule has 0 bridgehead atoms. The minimum absolute atomic E-state index is 0. The summed E-state index contributed by atoms with van der Waals surface area (Å²) in [5, 5.41) is 0. The molecule has 0 spiro atoms. The largest absolute Gasteiger partial charge is 0.412 e. The van der Waals surface area contributed by atoms with Crippen molar-refractivity contribution in [3.05, 3.63) is 35.4 Å². The number of hydrogen-bond donors (Lipinski definition) is 2. The van der Waals surface area contributed by atoms with Crippen LogP contribution in [0.15, 0.2) is 24.3 Å². The van der Waals surface area contributed by atoms with Gasteiger partial charge in [0.1, 0.15) is 0 Å². The number of benzene rings is 1. The number of fused-ring (bicyclic) bond motifs is 1. The summed E-state index contributed by atoms with van der Waals surface area (Å²) in [5.41, 5.74) is 3.63. The van der Waals surface area contributed by atoms with Crippen molar-refractivity contribution < 1.29 is 24.7 Å². The minimum atomic E-state index is -0.744. The van der Waals surface area contributed by atoms with Gasteiger partial charge in [0.2, 0.25) is 11.6 Å². The number of rotatable bonds is 1. The van der Waals surface area contributed by atoms with E-state index < -0.39 is 17.3 Å². The molecule has 0 radical (unpaired) electrons. The Morgan fingerprint density at radius 1 is 1.04 bits per heavy atom. The quantitative estimate of drug-likeness (QED) is 0.329. The number of nitrogens with one attached hydrogen (secondary N) is 1. The van der Waals surface area contributed by atoms with Gasteiger partial charge >= 0.3 is 0 Å². The van der Waals surface area contributed by atoms with E-state index in [2.05, 4.69) is 5.43 Å². The molecule has 1 amide bonds. The zero-order valence-corrected chi connectivity index (χ0v) is 13.5. The van der Waals surface area contributed by atoms with Crippen molar-refractivity contribution in [1.29, 1.82) is 0 Å². The molecule has 2 aliphatic carbocycles. The highest BCUT2D eigenvalue weighted by Gasteiger charge is 2.48. The fourth-order valence-corrected chi connectivity index (χ4v) is 3.12. The Labute approximate surface area is 139 Å². The van der Waals surface area contributed by atoms with Crippen molar-refractivity contribution in [2.75, 3.05) is 0 Å². The first-order chi connectivity index (χ1) is 11.0. The topological polar surface area (TPSA) is 138 Å². The molecule has 24 heavy (non-hydrogen) atoms. The van der Waals surface area contributed by atoms with Crippen LogP contribution in [-0.4, -0.2) is 28.7 Å². The number of nitrogen functional groups attached to an aromatic ring is 1. The molecule has 2 aliphatic rings. The van der Waals surface area contributed by atoms with E-state index in [1.54, 1.807) is 12.1 Å². The predicted molar refractivity (Wildman–Crippen MR) is 86.9 cm³/mol. The van der Waals surface area contributed by atoms with Crippen LogP contribution >= 0.6 is 0 Å². The van der Waals surface area contributed by atoms with Crippen molar-refractivity contribution in [2.24, 2.45) is 17.7 Å². The van der Waals surface area contributed by atoms with Gasteiger partial charge in [0.25, 0.3) is 11.7 Å². The maximum atomic E-state index is 11.2. The fourth-order valence-electron chi connectivity index (χ4n) is 3.12. The lowest BCUT2D eigenvalue weighted by atomic mass is 9.81. The van der Waals surface area contributed by atoms with E-state index in [0.29, 0.717) is 5.56 Å². The number of hydrazine groups is 1. The Bertz CT molecular complexity index is 630. The molecule has 0 saturated heterocycles. The maximum absolute atomic E-state index is 11.2. The maximum Gasteiger partial charge on any atom is 0.265 e. The van der Waals surface area contributed by atoms with Crippen LogP contribution in [0.1, 0.15) is 41.6 Å². The van der Waals surface area contributed by atoms with E-state index in [9.17, 15) is 19.2 Å². The predicted octanol–water partition coefficient (Wildman–Crippen LogP) is 0.288. The third-order valence-electron chi connectivity index (χ3n) is 4.41. The molecule has 2 unspecified atom stereocenters. The number of carbonyl (C=O) groups is 4. The Morgan fingerprint density at radius 2 is 1.54 bits per heavy atom. The van der Waals surface area contributed by atoms with E-state index >= 15 is 0 Å². The van der Waals surface area contributed by atoms with E-state index in [0.717, 1.165) is 31.2 Å². The normalized spacial score (nSPS) is 22.0. The molecule has 3 rings (SSSR count). The highest BCUT2D eigenvalue weighted by atomic mass is 16.2. The van der Waals surface area contributed by atoms with Gasteiger partial charge in [-0.05, 0) is 31.4 Å². The van der Waals surface area contributed by atoms with Crippen LogP contribution < -0.4 is 11.3 Å². The van der Waals surface area contributed by atoms with E-state index in [4.69, 9.17) is 5.84 Å². The van der Waals surface area contributed by atoms with Crippen LogP contribution in [0.4, 0.5) is 0 Å². The molecule has 0 heterocycles. The molecule has 0 aliphatic heterocycles. The van der Waals surface area contributed by atoms with Gasteiger partial charge in [-0.3, -0.25) is 24.6 Å².